The highest BCUT2D eigenvalue weighted by Gasteiger charge is 2.30. The van der Waals surface area contributed by atoms with E-state index in [1.807, 2.05) is 59.0 Å². The van der Waals surface area contributed by atoms with Crippen LogP contribution in [-0.4, -0.2) is 26.4 Å². The van der Waals surface area contributed by atoms with E-state index in [1.54, 1.807) is 11.5 Å². The van der Waals surface area contributed by atoms with Gasteiger partial charge in [0.1, 0.15) is 15.5 Å². The Labute approximate surface area is 185 Å². The monoisotopic (exact) mass is 651 g/mol. The van der Waals surface area contributed by atoms with Crippen molar-refractivity contribution in [2.75, 3.05) is 6.61 Å². The first-order valence-electron chi connectivity index (χ1n) is 7.83. The summed E-state index contributed by atoms with van der Waals surface area (Å²) < 4.78 is 20.5. The van der Waals surface area contributed by atoms with E-state index < -0.39 is 27.4 Å². The summed E-state index contributed by atoms with van der Waals surface area (Å²) in [6.45, 7) is 5.60. The molecule has 1 N–H and O–H groups in total. The maximum absolute atomic E-state index is 14.2. The van der Waals surface area contributed by atoms with Gasteiger partial charge in [-0.1, -0.05) is 13.8 Å². The number of hydrogen-bond donors (Lipinski definition) is 1. The van der Waals surface area contributed by atoms with E-state index >= 15 is 0 Å². The Morgan fingerprint density at radius 2 is 2.04 bits per heavy atom. The molecule has 0 aliphatic carbocycles. The van der Waals surface area contributed by atoms with Crippen LogP contribution < -0.4 is 5.43 Å². The number of carbonyl (C=O) groups excluding carboxylic acids is 1. The first-order valence-corrected chi connectivity index (χ1v) is 11.0. The summed E-state index contributed by atoms with van der Waals surface area (Å²) in [4.78, 5) is 25.3. The average molecular weight is 652 g/mol. The van der Waals surface area contributed by atoms with Crippen molar-refractivity contribution in [2.24, 2.45) is 5.92 Å². The van der Waals surface area contributed by atoms with Crippen molar-refractivity contribution in [1.82, 2.24) is 4.57 Å². The second kappa shape index (κ2) is 8.82. The van der Waals surface area contributed by atoms with Gasteiger partial charge in [-0.25, -0.2) is 9.18 Å². The average Bonchev–Trinajstić information content (AvgIpc) is 2.53. The summed E-state index contributed by atoms with van der Waals surface area (Å²) in [6.07, 6.45) is 0. The molecule has 1 heterocycles. The zero-order valence-corrected chi connectivity index (χ0v) is 20.1. The number of nitrogens with zero attached hydrogens (tertiary/aromatic N) is 1. The molecule has 2 atom stereocenters. The van der Waals surface area contributed by atoms with Gasteiger partial charge in [-0.2, -0.15) is 0 Å². The van der Waals surface area contributed by atoms with E-state index in [9.17, 15) is 19.1 Å². The molecule has 0 amide bonds. The SMILES string of the molecule is CCOC(=O)c1c(I)n([C@@H](C(C)C)C(O)I)c2cc(F)c(Br)cc2c1=O. The molecule has 5 nitrogen and oxygen atoms in total. The molecule has 0 aliphatic heterocycles. The van der Waals surface area contributed by atoms with Crippen molar-refractivity contribution in [2.45, 2.75) is 30.9 Å². The molecule has 9 heteroatoms. The van der Waals surface area contributed by atoms with Crippen LogP contribution in [0.15, 0.2) is 21.4 Å². The fraction of sp³-hybridized carbons (Fsp3) is 0.412. The lowest BCUT2D eigenvalue weighted by Crippen LogP contribution is -2.31. The highest BCUT2D eigenvalue weighted by atomic mass is 127. The number of rotatable bonds is 5. The number of ether oxygens (including phenoxy) is 1. The molecule has 2 rings (SSSR count). The number of aliphatic hydroxyl groups excluding tert-OH is 1. The lowest BCUT2D eigenvalue weighted by atomic mass is 10.0. The van der Waals surface area contributed by atoms with Gasteiger partial charge in [0.2, 0.25) is 5.43 Å². The van der Waals surface area contributed by atoms with Crippen LogP contribution in [0, 0.1) is 15.4 Å². The van der Waals surface area contributed by atoms with Gasteiger partial charge in [0.05, 0.1) is 26.3 Å². The van der Waals surface area contributed by atoms with Gasteiger partial charge in [-0.15, -0.1) is 0 Å². The zero-order valence-electron chi connectivity index (χ0n) is 14.2. The minimum Gasteiger partial charge on any atom is -0.462 e. The Hall–Kier alpha value is -0.270. The van der Waals surface area contributed by atoms with E-state index in [1.165, 1.54) is 12.1 Å². The normalized spacial score (nSPS) is 13.9. The third-order valence-electron chi connectivity index (χ3n) is 3.93. The Kier molecular flexibility index (Phi) is 7.47. The van der Waals surface area contributed by atoms with Crippen LogP contribution in [0.5, 0.6) is 0 Å². The Bertz CT molecular complexity index is 906. The third-order valence-corrected chi connectivity index (χ3v) is 6.33. The van der Waals surface area contributed by atoms with Crippen LogP contribution in [0.4, 0.5) is 4.39 Å². The van der Waals surface area contributed by atoms with Crippen molar-refractivity contribution >= 4 is 78.0 Å². The molecule has 0 radical (unpaired) electrons. The van der Waals surface area contributed by atoms with E-state index in [0.29, 0.717) is 9.22 Å². The quantitative estimate of drug-likeness (QED) is 0.222. The second-order valence-electron chi connectivity index (χ2n) is 5.98. The summed E-state index contributed by atoms with van der Waals surface area (Å²) in [6, 6.07) is 2.13. The molecule has 1 aromatic carbocycles. The number of pyridine rings is 1. The summed E-state index contributed by atoms with van der Waals surface area (Å²) in [5, 5.41) is 10.5. The summed E-state index contributed by atoms with van der Waals surface area (Å²) in [5.41, 5.74) is -0.311. The number of alkyl halides is 1. The second-order valence-corrected chi connectivity index (χ2v) is 9.13. The van der Waals surface area contributed by atoms with Gasteiger partial charge < -0.3 is 14.4 Å². The van der Waals surface area contributed by atoms with Crippen molar-refractivity contribution < 1.29 is 19.0 Å². The molecule has 1 unspecified atom stereocenters. The number of aromatic nitrogens is 1. The van der Waals surface area contributed by atoms with Crippen molar-refractivity contribution in [3.63, 3.8) is 0 Å². The predicted molar refractivity (Wildman–Crippen MR) is 118 cm³/mol. The number of fused-ring (bicyclic) bond motifs is 1. The predicted octanol–water partition coefficient (Wildman–Crippen LogP) is 4.63. The first kappa shape index (κ1) is 22.0. The largest absolute Gasteiger partial charge is 0.462 e. The zero-order chi connectivity index (χ0) is 19.8. The molecule has 0 saturated heterocycles. The summed E-state index contributed by atoms with van der Waals surface area (Å²) in [5.74, 6) is -1.30. The van der Waals surface area contributed by atoms with Crippen LogP contribution in [0.2, 0.25) is 0 Å². The summed E-state index contributed by atoms with van der Waals surface area (Å²) in [7, 11) is 0. The topological polar surface area (TPSA) is 68.5 Å². The lowest BCUT2D eigenvalue weighted by molar-refractivity contribution is 0.0521. The van der Waals surface area contributed by atoms with Gasteiger partial charge in [-0.05, 0) is 86.1 Å². The Morgan fingerprint density at radius 3 is 2.54 bits per heavy atom. The number of aliphatic hydroxyl groups is 1. The van der Waals surface area contributed by atoms with E-state index in [-0.39, 0.29) is 27.9 Å². The molecule has 0 spiro atoms. The van der Waals surface area contributed by atoms with Crippen molar-refractivity contribution in [3.8, 4) is 0 Å². The van der Waals surface area contributed by atoms with E-state index in [4.69, 9.17) is 4.74 Å². The molecule has 0 saturated carbocycles. The van der Waals surface area contributed by atoms with Crippen LogP contribution in [-0.2, 0) is 4.74 Å². The third kappa shape index (κ3) is 4.09. The van der Waals surface area contributed by atoms with Gasteiger partial charge in [0.15, 0.2) is 0 Å². The highest BCUT2D eigenvalue weighted by Crippen LogP contribution is 2.33. The lowest BCUT2D eigenvalue weighted by Gasteiger charge is -2.30. The molecule has 0 fully saturated rings. The van der Waals surface area contributed by atoms with Gasteiger partial charge in [0.25, 0.3) is 0 Å². The molecule has 142 valence electrons. The summed E-state index contributed by atoms with van der Waals surface area (Å²) >= 11 is 6.85. The van der Waals surface area contributed by atoms with Crippen LogP contribution >= 0.6 is 61.1 Å². The smallest absolute Gasteiger partial charge is 0.344 e. The van der Waals surface area contributed by atoms with Crippen molar-refractivity contribution in [1.29, 1.82) is 0 Å². The van der Waals surface area contributed by atoms with E-state index in [2.05, 4.69) is 15.9 Å². The molecule has 0 aliphatic rings. The standard InChI is InChI=1S/C17H17BrFI2NO4/c1-4-26-17(25)12-14(23)8-5-9(18)10(19)6-11(8)22(15(12)20)13(7(2)3)16(21)24/h5-7,13,16,24H,4H2,1-3H3/t13-,16?/m0/s1. The molecule has 2 aromatic rings. The van der Waals surface area contributed by atoms with Crippen LogP contribution in [0.3, 0.4) is 0 Å². The maximum atomic E-state index is 14.2. The van der Waals surface area contributed by atoms with Crippen LogP contribution in [0.25, 0.3) is 10.9 Å². The molecule has 0 bridgehead atoms. The first-order chi connectivity index (χ1) is 12.1. The maximum Gasteiger partial charge on any atom is 0.344 e. The number of hydrogen-bond acceptors (Lipinski definition) is 4. The number of benzene rings is 1. The van der Waals surface area contributed by atoms with Gasteiger partial charge in [-0.3, -0.25) is 4.79 Å². The number of esters is 1. The number of halogens is 4. The minimum atomic E-state index is -0.812. The van der Waals surface area contributed by atoms with Gasteiger partial charge in [0, 0.05) is 5.39 Å². The van der Waals surface area contributed by atoms with E-state index in [0.717, 1.165) is 0 Å². The molecule has 26 heavy (non-hydrogen) atoms. The fourth-order valence-electron chi connectivity index (χ4n) is 2.78. The highest BCUT2D eigenvalue weighted by molar-refractivity contribution is 14.1. The van der Waals surface area contributed by atoms with Crippen LogP contribution in [0.1, 0.15) is 37.2 Å². The van der Waals surface area contributed by atoms with Gasteiger partial charge >= 0.3 is 5.97 Å². The molecule has 1 aromatic heterocycles. The fourth-order valence-corrected chi connectivity index (χ4v) is 5.32. The number of carbonyl (C=O) groups is 1. The minimum absolute atomic E-state index is 0.0390. The van der Waals surface area contributed by atoms with Crippen molar-refractivity contribution in [3.05, 3.63) is 41.9 Å². The Balaban J connectivity index is 3.03. The molecular formula is C17H17BrFI2NO4. The molecular weight excluding hydrogens is 635 g/mol. The Morgan fingerprint density at radius 1 is 1.42 bits per heavy atom.